The zero-order valence-electron chi connectivity index (χ0n) is 10.4. The van der Waals surface area contributed by atoms with Gasteiger partial charge in [-0.3, -0.25) is 0 Å². The maximum atomic E-state index is 10.0. The van der Waals surface area contributed by atoms with Gasteiger partial charge in [0.1, 0.15) is 0 Å². The summed E-state index contributed by atoms with van der Waals surface area (Å²) in [7, 11) is 0. The molecule has 17 heavy (non-hydrogen) atoms. The molecule has 2 unspecified atom stereocenters. The molecular formula is C16H22O. The molecule has 0 aliphatic heterocycles. The van der Waals surface area contributed by atoms with Crippen LogP contribution in [0.2, 0.25) is 0 Å². The number of hydrogen-bond acceptors (Lipinski definition) is 1. The lowest BCUT2D eigenvalue weighted by molar-refractivity contribution is 0.138. The first-order valence-electron chi connectivity index (χ1n) is 6.73. The second-order valence-corrected chi connectivity index (χ2v) is 5.03. The van der Waals surface area contributed by atoms with Crippen LogP contribution in [0.3, 0.4) is 0 Å². The van der Waals surface area contributed by atoms with Gasteiger partial charge in [0, 0.05) is 0 Å². The van der Waals surface area contributed by atoms with Gasteiger partial charge in [0.05, 0.1) is 6.10 Å². The zero-order chi connectivity index (χ0) is 11.9. The highest BCUT2D eigenvalue weighted by molar-refractivity contribution is 5.14. The van der Waals surface area contributed by atoms with Crippen LogP contribution in [0.5, 0.6) is 0 Å². The molecule has 1 aliphatic carbocycles. The van der Waals surface area contributed by atoms with Gasteiger partial charge in [-0.05, 0) is 50.0 Å². The van der Waals surface area contributed by atoms with Gasteiger partial charge in [-0.1, -0.05) is 42.5 Å². The topological polar surface area (TPSA) is 20.2 Å². The Balaban J connectivity index is 1.72. The molecule has 1 heteroatoms. The van der Waals surface area contributed by atoms with Crippen LogP contribution in [0.4, 0.5) is 0 Å². The van der Waals surface area contributed by atoms with Gasteiger partial charge in [-0.25, -0.2) is 0 Å². The number of aliphatic hydroxyl groups excluding tert-OH is 1. The van der Waals surface area contributed by atoms with Gasteiger partial charge >= 0.3 is 0 Å². The molecule has 0 heterocycles. The van der Waals surface area contributed by atoms with Crippen molar-refractivity contribution >= 4 is 0 Å². The van der Waals surface area contributed by atoms with Crippen LogP contribution in [0, 0.1) is 5.92 Å². The van der Waals surface area contributed by atoms with Crippen molar-refractivity contribution in [2.45, 2.75) is 44.6 Å². The highest BCUT2D eigenvalue weighted by Gasteiger charge is 2.13. The fraction of sp³-hybridized carbons (Fsp3) is 0.500. The molecule has 1 aromatic rings. The number of benzene rings is 1. The third kappa shape index (κ3) is 4.35. The molecular weight excluding hydrogens is 208 g/mol. The predicted molar refractivity (Wildman–Crippen MR) is 71.9 cm³/mol. The molecule has 1 aromatic carbocycles. The number of aryl methyl sites for hydroxylation is 1. The Hall–Kier alpha value is -1.08. The Morgan fingerprint density at radius 1 is 1.24 bits per heavy atom. The van der Waals surface area contributed by atoms with E-state index in [2.05, 4.69) is 36.4 Å². The molecule has 1 nitrogen and oxygen atoms in total. The van der Waals surface area contributed by atoms with Gasteiger partial charge in [-0.2, -0.15) is 0 Å². The van der Waals surface area contributed by atoms with E-state index in [9.17, 15) is 5.11 Å². The van der Waals surface area contributed by atoms with Gasteiger partial charge in [-0.15, -0.1) is 0 Å². The van der Waals surface area contributed by atoms with Crippen LogP contribution in [0.15, 0.2) is 42.5 Å². The predicted octanol–water partition coefficient (Wildman–Crippen LogP) is 3.73. The quantitative estimate of drug-likeness (QED) is 0.764. The first-order chi connectivity index (χ1) is 8.34. The highest BCUT2D eigenvalue weighted by atomic mass is 16.3. The largest absolute Gasteiger partial charge is 0.393 e. The van der Waals surface area contributed by atoms with Crippen molar-refractivity contribution < 1.29 is 5.11 Å². The smallest absolute Gasteiger partial charge is 0.0549 e. The summed E-state index contributed by atoms with van der Waals surface area (Å²) in [6.45, 7) is 0. The summed E-state index contributed by atoms with van der Waals surface area (Å²) < 4.78 is 0. The molecule has 0 saturated heterocycles. The maximum Gasteiger partial charge on any atom is 0.0549 e. The minimum atomic E-state index is -0.150. The van der Waals surface area contributed by atoms with Crippen LogP contribution >= 0.6 is 0 Å². The summed E-state index contributed by atoms with van der Waals surface area (Å²) in [6, 6.07) is 10.4. The van der Waals surface area contributed by atoms with Gasteiger partial charge in [0.2, 0.25) is 0 Å². The molecule has 0 amide bonds. The van der Waals surface area contributed by atoms with E-state index in [-0.39, 0.29) is 6.10 Å². The van der Waals surface area contributed by atoms with E-state index in [4.69, 9.17) is 0 Å². The first-order valence-corrected chi connectivity index (χ1v) is 6.73. The van der Waals surface area contributed by atoms with E-state index >= 15 is 0 Å². The monoisotopic (exact) mass is 230 g/mol. The van der Waals surface area contributed by atoms with E-state index < -0.39 is 0 Å². The standard InChI is InChI=1S/C16H22O/c17-16(13-15-9-5-2-6-10-15)12-11-14-7-3-1-4-8-14/h1,3-5,7-9,15-17H,2,6,10-13H2. The fourth-order valence-electron chi connectivity index (χ4n) is 2.52. The SMILES string of the molecule is OC(CCc1ccccc1)CC1C=CCCC1. The maximum absolute atomic E-state index is 10.0. The second kappa shape index (κ2) is 6.61. The Bertz CT molecular complexity index is 342. The van der Waals surface area contributed by atoms with Crippen molar-refractivity contribution in [3.05, 3.63) is 48.0 Å². The molecule has 0 saturated carbocycles. The molecule has 2 rings (SSSR count). The first kappa shape index (κ1) is 12.4. The lowest BCUT2D eigenvalue weighted by Gasteiger charge is -2.19. The number of rotatable bonds is 5. The normalized spacial score (nSPS) is 21.4. The van der Waals surface area contributed by atoms with Crippen LogP contribution in [-0.2, 0) is 6.42 Å². The summed E-state index contributed by atoms with van der Waals surface area (Å²) in [6.07, 6.45) is 11.0. The molecule has 0 spiro atoms. The summed E-state index contributed by atoms with van der Waals surface area (Å²) in [5, 5.41) is 10.0. The van der Waals surface area contributed by atoms with Crippen molar-refractivity contribution in [2.24, 2.45) is 5.92 Å². The van der Waals surface area contributed by atoms with Crippen LogP contribution in [0.1, 0.15) is 37.7 Å². The van der Waals surface area contributed by atoms with E-state index in [1.807, 2.05) is 6.07 Å². The summed E-state index contributed by atoms with van der Waals surface area (Å²) in [5.74, 6) is 0.606. The highest BCUT2D eigenvalue weighted by Crippen LogP contribution is 2.23. The molecule has 0 radical (unpaired) electrons. The van der Waals surface area contributed by atoms with Gasteiger partial charge in [0.15, 0.2) is 0 Å². The van der Waals surface area contributed by atoms with Crippen LogP contribution in [0.25, 0.3) is 0 Å². The van der Waals surface area contributed by atoms with E-state index in [1.165, 1.54) is 24.8 Å². The fourth-order valence-corrected chi connectivity index (χ4v) is 2.52. The van der Waals surface area contributed by atoms with Crippen LogP contribution < -0.4 is 0 Å². The number of allylic oxidation sites excluding steroid dienone is 2. The molecule has 1 N–H and O–H groups in total. The summed E-state index contributed by atoms with van der Waals surface area (Å²) >= 11 is 0. The minimum Gasteiger partial charge on any atom is -0.393 e. The van der Waals surface area contributed by atoms with E-state index in [0.29, 0.717) is 5.92 Å². The Labute approximate surface area is 104 Å². The number of hydrogen-bond donors (Lipinski definition) is 1. The van der Waals surface area contributed by atoms with Crippen molar-refractivity contribution in [1.29, 1.82) is 0 Å². The molecule has 0 aromatic heterocycles. The average molecular weight is 230 g/mol. The van der Waals surface area contributed by atoms with Crippen molar-refractivity contribution in [2.75, 3.05) is 0 Å². The Morgan fingerprint density at radius 3 is 2.76 bits per heavy atom. The average Bonchev–Trinajstić information content (AvgIpc) is 2.39. The summed E-state index contributed by atoms with van der Waals surface area (Å²) in [5.41, 5.74) is 1.32. The van der Waals surface area contributed by atoms with E-state index in [0.717, 1.165) is 19.3 Å². The van der Waals surface area contributed by atoms with Gasteiger partial charge in [0.25, 0.3) is 0 Å². The number of aliphatic hydroxyl groups is 1. The Morgan fingerprint density at radius 2 is 2.06 bits per heavy atom. The Kier molecular flexibility index (Phi) is 4.81. The van der Waals surface area contributed by atoms with Crippen molar-refractivity contribution in [1.82, 2.24) is 0 Å². The zero-order valence-corrected chi connectivity index (χ0v) is 10.4. The second-order valence-electron chi connectivity index (χ2n) is 5.03. The molecule has 0 bridgehead atoms. The van der Waals surface area contributed by atoms with Crippen molar-refractivity contribution in [3.63, 3.8) is 0 Å². The molecule has 1 aliphatic rings. The molecule has 92 valence electrons. The molecule has 0 fully saturated rings. The lowest BCUT2D eigenvalue weighted by atomic mass is 9.89. The van der Waals surface area contributed by atoms with Gasteiger partial charge < -0.3 is 5.11 Å². The molecule has 2 atom stereocenters. The summed E-state index contributed by atoms with van der Waals surface area (Å²) in [4.78, 5) is 0. The van der Waals surface area contributed by atoms with E-state index in [1.54, 1.807) is 0 Å². The van der Waals surface area contributed by atoms with Crippen LogP contribution in [-0.4, -0.2) is 11.2 Å². The third-order valence-corrected chi connectivity index (χ3v) is 3.54. The minimum absolute atomic E-state index is 0.150. The third-order valence-electron chi connectivity index (χ3n) is 3.54. The van der Waals surface area contributed by atoms with Crippen molar-refractivity contribution in [3.8, 4) is 0 Å². The lowest BCUT2D eigenvalue weighted by Crippen LogP contribution is -2.14.